The van der Waals surface area contributed by atoms with E-state index in [9.17, 15) is 9.59 Å². The number of carbonyl (C=O) groups excluding carboxylic acids is 1. The molecule has 2 N–H and O–H groups in total. The van der Waals surface area contributed by atoms with Crippen molar-refractivity contribution >= 4 is 22.6 Å². The van der Waals surface area contributed by atoms with Crippen LogP contribution in [0.3, 0.4) is 0 Å². The highest BCUT2D eigenvalue weighted by Gasteiger charge is 2.28. The van der Waals surface area contributed by atoms with Crippen LogP contribution in [0.2, 0.25) is 0 Å². The van der Waals surface area contributed by atoms with E-state index in [2.05, 4.69) is 10.3 Å². The molecule has 0 radical (unpaired) electrons. The lowest BCUT2D eigenvalue weighted by molar-refractivity contribution is 0.103. The van der Waals surface area contributed by atoms with E-state index in [1.807, 2.05) is 0 Å². The summed E-state index contributed by atoms with van der Waals surface area (Å²) in [5.74, 6) is -3.32. The maximum atomic E-state index is 15.3. The molecule has 0 aliphatic carbocycles. The summed E-state index contributed by atoms with van der Waals surface area (Å²) in [4.78, 5) is 28.6. The zero-order chi connectivity index (χ0) is 23.6. The summed E-state index contributed by atoms with van der Waals surface area (Å²) in [6, 6.07) is 6.32. The number of hydrogen-bond acceptors (Lipinski definition) is 5. The van der Waals surface area contributed by atoms with Crippen molar-refractivity contribution in [3.63, 3.8) is 0 Å². The van der Waals surface area contributed by atoms with E-state index in [4.69, 9.17) is 14.6 Å². The molecule has 2 aromatic carbocycles. The first-order chi connectivity index (χ1) is 15.2. The molecule has 3 aromatic rings. The molecule has 3 rings (SSSR count). The average Bonchev–Trinajstić information content (AvgIpc) is 2.72. The minimum absolute atomic E-state index is 0.0678. The maximum Gasteiger partial charge on any atom is 0.405 e. The van der Waals surface area contributed by atoms with Crippen LogP contribution in [0.1, 0.15) is 47.1 Å². The number of aryl methyl sites for hydroxylation is 1. The van der Waals surface area contributed by atoms with Gasteiger partial charge in [-0.2, -0.15) is 0 Å². The molecule has 1 unspecified atom stereocenters. The highest BCUT2D eigenvalue weighted by molar-refractivity contribution is 6.17. The molecule has 1 amide bonds. The third-order valence-corrected chi connectivity index (χ3v) is 4.93. The van der Waals surface area contributed by atoms with Crippen molar-refractivity contribution in [2.24, 2.45) is 0 Å². The Bertz CT molecular complexity index is 1210. The largest absolute Gasteiger partial charge is 0.493 e. The van der Waals surface area contributed by atoms with Gasteiger partial charge >= 0.3 is 6.09 Å². The van der Waals surface area contributed by atoms with Gasteiger partial charge in [-0.15, -0.1) is 0 Å². The number of pyridine rings is 1. The zero-order valence-electron chi connectivity index (χ0n) is 18.0. The lowest BCUT2D eigenvalue weighted by Crippen LogP contribution is -2.25. The molecule has 0 fully saturated rings. The zero-order valence-corrected chi connectivity index (χ0v) is 18.0. The first kappa shape index (κ1) is 22.9. The fraction of sp³-hybridized carbons (Fsp3) is 0.261. The van der Waals surface area contributed by atoms with Gasteiger partial charge in [-0.05, 0) is 39.0 Å². The molecule has 168 valence electrons. The second-order valence-electron chi connectivity index (χ2n) is 7.07. The minimum atomic E-state index is -1.37. The van der Waals surface area contributed by atoms with Crippen molar-refractivity contribution in [2.75, 3.05) is 13.7 Å². The number of nitrogens with one attached hydrogen (secondary N) is 1. The van der Waals surface area contributed by atoms with E-state index in [0.29, 0.717) is 29.0 Å². The minimum Gasteiger partial charge on any atom is -0.493 e. The number of fused-ring (bicyclic) bond motifs is 1. The second kappa shape index (κ2) is 9.17. The van der Waals surface area contributed by atoms with Gasteiger partial charge in [-0.25, -0.2) is 18.6 Å². The molecule has 32 heavy (non-hydrogen) atoms. The molecule has 1 aromatic heterocycles. The smallest absolute Gasteiger partial charge is 0.405 e. The van der Waals surface area contributed by atoms with Crippen LogP contribution in [-0.4, -0.2) is 35.7 Å². The van der Waals surface area contributed by atoms with Gasteiger partial charge in [0.2, 0.25) is 5.88 Å². The molecule has 0 saturated heterocycles. The van der Waals surface area contributed by atoms with Gasteiger partial charge < -0.3 is 19.9 Å². The van der Waals surface area contributed by atoms with Crippen molar-refractivity contribution < 1.29 is 33.0 Å². The number of rotatable bonds is 7. The van der Waals surface area contributed by atoms with Gasteiger partial charge in [0.05, 0.1) is 25.3 Å². The maximum absolute atomic E-state index is 15.3. The van der Waals surface area contributed by atoms with Gasteiger partial charge in [0.25, 0.3) is 0 Å². The van der Waals surface area contributed by atoms with Crippen LogP contribution in [0.4, 0.5) is 13.6 Å². The van der Waals surface area contributed by atoms with E-state index in [-0.39, 0.29) is 11.1 Å². The Morgan fingerprint density at radius 2 is 1.94 bits per heavy atom. The number of amides is 1. The molecule has 0 spiro atoms. The first-order valence-electron chi connectivity index (χ1n) is 9.82. The van der Waals surface area contributed by atoms with Gasteiger partial charge in [0, 0.05) is 27.6 Å². The Morgan fingerprint density at radius 3 is 2.56 bits per heavy atom. The van der Waals surface area contributed by atoms with Gasteiger partial charge in [0.1, 0.15) is 5.82 Å². The summed E-state index contributed by atoms with van der Waals surface area (Å²) < 4.78 is 40.9. The SMILES string of the molecule is CCOc1nc(C)cc2c(C(=O)c3c(F)cc(C(C)NC(=O)O)c(OC)c3F)cccc12. The number of benzene rings is 2. The second-order valence-corrected chi connectivity index (χ2v) is 7.07. The first-order valence-corrected chi connectivity index (χ1v) is 9.82. The summed E-state index contributed by atoms with van der Waals surface area (Å²) in [6.07, 6.45) is -1.37. The molecule has 0 aliphatic heterocycles. The van der Waals surface area contributed by atoms with E-state index in [1.54, 1.807) is 32.0 Å². The predicted molar refractivity (Wildman–Crippen MR) is 114 cm³/mol. The highest BCUT2D eigenvalue weighted by Crippen LogP contribution is 2.35. The van der Waals surface area contributed by atoms with Crippen LogP contribution in [-0.2, 0) is 0 Å². The topological polar surface area (TPSA) is 97.8 Å². The molecule has 1 heterocycles. The summed E-state index contributed by atoms with van der Waals surface area (Å²) in [7, 11) is 1.16. The number of hydrogen-bond donors (Lipinski definition) is 2. The quantitative estimate of drug-likeness (QED) is 0.509. The number of halogens is 2. The standard InChI is InChI=1S/C23H22F2N2O5/c1-5-32-22-14-8-6-7-13(16(14)9-11(2)26-22)20(28)18-17(24)10-15(12(3)27-23(29)30)21(31-4)19(18)25/h6-10,12,27H,5H2,1-4H3,(H,29,30). The van der Waals surface area contributed by atoms with E-state index < -0.39 is 40.9 Å². The molecular weight excluding hydrogens is 422 g/mol. The van der Waals surface area contributed by atoms with Crippen LogP contribution in [0, 0.1) is 18.6 Å². The Balaban J connectivity index is 2.20. The number of ketones is 1. The molecular formula is C23H22F2N2O5. The molecule has 1 atom stereocenters. The number of aromatic nitrogens is 1. The van der Waals surface area contributed by atoms with E-state index in [1.165, 1.54) is 13.0 Å². The van der Waals surface area contributed by atoms with Crippen molar-refractivity contribution in [1.82, 2.24) is 10.3 Å². The average molecular weight is 444 g/mol. The Hall–Kier alpha value is -3.75. The molecule has 0 aliphatic rings. The number of ether oxygens (including phenoxy) is 2. The van der Waals surface area contributed by atoms with Crippen molar-refractivity contribution in [3.8, 4) is 11.6 Å². The third kappa shape index (κ3) is 4.18. The predicted octanol–water partition coefficient (Wildman–Crippen LogP) is 4.79. The lowest BCUT2D eigenvalue weighted by atomic mass is 9.94. The summed E-state index contributed by atoms with van der Waals surface area (Å²) in [5.41, 5.74) is -0.229. The molecule has 0 bridgehead atoms. The molecule has 9 heteroatoms. The van der Waals surface area contributed by atoms with Crippen LogP contribution >= 0.6 is 0 Å². The van der Waals surface area contributed by atoms with Crippen molar-refractivity contribution in [1.29, 1.82) is 0 Å². The van der Waals surface area contributed by atoms with Crippen LogP contribution in [0.25, 0.3) is 10.8 Å². The van der Waals surface area contributed by atoms with Crippen LogP contribution in [0.5, 0.6) is 11.6 Å². The Morgan fingerprint density at radius 1 is 1.22 bits per heavy atom. The normalized spacial score (nSPS) is 11.8. The van der Waals surface area contributed by atoms with E-state index >= 15 is 8.78 Å². The number of methoxy groups -OCH3 is 1. The summed E-state index contributed by atoms with van der Waals surface area (Å²) in [6.45, 7) is 5.28. The monoisotopic (exact) mass is 444 g/mol. The highest BCUT2D eigenvalue weighted by atomic mass is 19.1. The number of carbonyl (C=O) groups is 2. The Kier molecular flexibility index (Phi) is 6.57. The van der Waals surface area contributed by atoms with Crippen molar-refractivity contribution in [2.45, 2.75) is 26.8 Å². The fourth-order valence-corrected chi connectivity index (χ4v) is 3.57. The number of carboxylic acid groups (broad SMARTS) is 1. The molecule has 0 saturated carbocycles. The summed E-state index contributed by atoms with van der Waals surface area (Å²) >= 11 is 0. The number of nitrogens with zero attached hydrogens (tertiary/aromatic N) is 1. The third-order valence-electron chi connectivity index (χ3n) is 4.93. The van der Waals surface area contributed by atoms with Gasteiger partial charge in [-0.3, -0.25) is 4.79 Å². The van der Waals surface area contributed by atoms with Crippen molar-refractivity contribution in [3.05, 3.63) is 64.4 Å². The van der Waals surface area contributed by atoms with Crippen LogP contribution < -0.4 is 14.8 Å². The fourth-order valence-electron chi connectivity index (χ4n) is 3.57. The lowest BCUT2D eigenvalue weighted by Gasteiger charge is -2.18. The molecule has 7 nitrogen and oxygen atoms in total. The van der Waals surface area contributed by atoms with E-state index in [0.717, 1.165) is 13.2 Å². The van der Waals surface area contributed by atoms with Crippen LogP contribution in [0.15, 0.2) is 30.3 Å². The summed E-state index contributed by atoms with van der Waals surface area (Å²) in [5, 5.41) is 12.0. The van der Waals surface area contributed by atoms with Gasteiger partial charge in [0.15, 0.2) is 17.3 Å². The van der Waals surface area contributed by atoms with Gasteiger partial charge in [-0.1, -0.05) is 12.1 Å². The Labute approximate surface area is 183 Å².